The highest BCUT2D eigenvalue weighted by Gasteiger charge is 2.30. The number of halogens is 3. The lowest BCUT2D eigenvalue weighted by Gasteiger charge is -2.20. The lowest BCUT2D eigenvalue weighted by atomic mass is 10.1. The maximum absolute atomic E-state index is 12.5. The van der Waals surface area contributed by atoms with Crippen molar-refractivity contribution in [3.63, 3.8) is 0 Å². The smallest absolute Gasteiger partial charge is 0.391 e. The molecule has 2 rings (SSSR count). The molecule has 1 atom stereocenters. The molecule has 7 heteroatoms. The lowest BCUT2D eigenvalue weighted by Crippen LogP contribution is -2.39. The van der Waals surface area contributed by atoms with Gasteiger partial charge in [0, 0.05) is 12.6 Å². The van der Waals surface area contributed by atoms with Crippen molar-refractivity contribution < 1.29 is 23.1 Å². The molecular formula is C16H21F3N2O2. The van der Waals surface area contributed by atoms with Crippen LogP contribution in [0.25, 0.3) is 0 Å². The van der Waals surface area contributed by atoms with Crippen LogP contribution in [0.1, 0.15) is 24.0 Å². The zero-order valence-electron chi connectivity index (χ0n) is 12.9. The van der Waals surface area contributed by atoms with Crippen molar-refractivity contribution in [1.29, 1.82) is 0 Å². The lowest BCUT2D eigenvalue weighted by molar-refractivity contribution is -0.137. The summed E-state index contributed by atoms with van der Waals surface area (Å²) in [5.41, 5.74) is -0.0778. The number of hydrogen-bond donors (Lipinski definition) is 2. The third-order valence-electron chi connectivity index (χ3n) is 3.63. The largest absolute Gasteiger partial charge is 0.416 e. The number of benzene rings is 1. The average Bonchev–Trinajstić information content (AvgIpc) is 3.21. The van der Waals surface area contributed by atoms with Crippen LogP contribution in [0.5, 0.6) is 0 Å². The molecule has 128 valence electrons. The second-order valence-corrected chi connectivity index (χ2v) is 6.09. The van der Waals surface area contributed by atoms with Gasteiger partial charge in [0.1, 0.15) is 0 Å². The number of carbonyl (C=O) groups is 1. The topological polar surface area (TPSA) is 52.6 Å². The number of likely N-dealkylation sites (N-methyl/N-ethyl adjacent to an activating group) is 1. The fourth-order valence-corrected chi connectivity index (χ4v) is 2.34. The Morgan fingerprint density at radius 3 is 2.48 bits per heavy atom. The Bertz CT molecular complexity index is 527. The van der Waals surface area contributed by atoms with Crippen LogP contribution >= 0.6 is 0 Å². The summed E-state index contributed by atoms with van der Waals surface area (Å²) in [4.78, 5) is 13.3. The molecule has 0 spiro atoms. The Morgan fingerprint density at radius 2 is 1.96 bits per heavy atom. The third kappa shape index (κ3) is 6.19. The quantitative estimate of drug-likeness (QED) is 0.802. The summed E-state index contributed by atoms with van der Waals surface area (Å²) in [5.74, 6) is -0.0725. The monoisotopic (exact) mass is 330 g/mol. The van der Waals surface area contributed by atoms with E-state index in [0.29, 0.717) is 11.6 Å². The van der Waals surface area contributed by atoms with Crippen molar-refractivity contribution in [2.45, 2.75) is 37.6 Å². The summed E-state index contributed by atoms with van der Waals surface area (Å²) >= 11 is 0. The van der Waals surface area contributed by atoms with Gasteiger partial charge in [-0.15, -0.1) is 0 Å². The van der Waals surface area contributed by atoms with E-state index in [0.717, 1.165) is 25.0 Å². The van der Waals surface area contributed by atoms with Crippen LogP contribution in [0.15, 0.2) is 24.3 Å². The standard InChI is InChI=1S/C16H21F3N2O2/c1-21(10-15(23)20-13-6-7-13)9-14(22)8-11-2-4-12(5-3-11)16(17,18)19/h2-5,13-14,22H,6-10H2,1H3,(H,20,23). The van der Waals surface area contributed by atoms with Crippen molar-refractivity contribution in [2.75, 3.05) is 20.1 Å². The molecule has 0 radical (unpaired) electrons. The van der Waals surface area contributed by atoms with Crippen molar-refractivity contribution in [3.05, 3.63) is 35.4 Å². The summed E-state index contributed by atoms with van der Waals surface area (Å²) in [6.45, 7) is 0.472. The molecule has 0 aliphatic heterocycles. The molecule has 1 aliphatic carbocycles. The van der Waals surface area contributed by atoms with E-state index in [2.05, 4.69) is 5.32 Å². The minimum Gasteiger partial charge on any atom is -0.391 e. The molecule has 1 aromatic rings. The maximum Gasteiger partial charge on any atom is 0.416 e. The first kappa shape index (κ1) is 17.7. The van der Waals surface area contributed by atoms with Crippen LogP contribution in [0.3, 0.4) is 0 Å². The van der Waals surface area contributed by atoms with Gasteiger partial charge in [-0.05, 0) is 44.0 Å². The van der Waals surface area contributed by atoms with Gasteiger partial charge in [0.2, 0.25) is 5.91 Å². The Morgan fingerprint density at radius 1 is 1.35 bits per heavy atom. The van der Waals surface area contributed by atoms with Crippen molar-refractivity contribution in [1.82, 2.24) is 10.2 Å². The van der Waals surface area contributed by atoms with Gasteiger partial charge >= 0.3 is 6.18 Å². The van der Waals surface area contributed by atoms with E-state index in [-0.39, 0.29) is 25.4 Å². The number of hydrogen-bond acceptors (Lipinski definition) is 3. The Labute approximate surface area is 133 Å². The minimum atomic E-state index is -4.35. The predicted octanol–water partition coefficient (Wildman–Crippen LogP) is 1.82. The number of alkyl halides is 3. The molecule has 1 aromatic carbocycles. The van der Waals surface area contributed by atoms with Crippen LogP contribution in [-0.4, -0.2) is 48.2 Å². The van der Waals surface area contributed by atoms with Gasteiger partial charge in [-0.25, -0.2) is 0 Å². The predicted molar refractivity (Wildman–Crippen MR) is 79.8 cm³/mol. The normalized spacial score (nSPS) is 16.4. The highest BCUT2D eigenvalue weighted by molar-refractivity contribution is 5.78. The first-order valence-electron chi connectivity index (χ1n) is 7.56. The van der Waals surface area contributed by atoms with Gasteiger partial charge in [-0.1, -0.05) is 12.1 Å². The van der Waals surface area contributed by atoms with E-state index in [1.807, 2.05) is 0 Å². The Hall–Kier alpha value is -1.60. The van der Waals surface area contributed by atoms with E-state index in [1.165, 1.54) is 12.1 Å². The molecule has 0 aromatic heterocycles. The molecule has 4 nitrogen and oxygen atoms in total. The van der Waals surface area contributed by atoms with Gasteiger partial charge in [0.15, 0.2) is 0 Å². The molecule has 2 N–H and O–H groups in total. The third-order valence-corrected chi connectivity index (χ3v) is 3.63. The molecule has 1 saturated carbocycles. The SMILES string of the molecule is CN(CC(=O)NC1CC1)CC(O)Cc1ccc(C(F)(F)F)cc1. The number of carbonyl (C=O) groups excluding carboxylic acids is 1. The Kier molecular flexibility index (Phi) is 5.64. The van der Waals surface area contributed by atoms with Crippen molar-refractivity contribution in [2.24, 2.45) is 0 Å². The zero-order chi connectivity index (χ0) is 17.0. The Balaban J connectivity index is 1.76. The summed E-state index contributed by atoms with van der Waals surface area (Å²) in [7, 11) is 1.72. The minimum absolute atomic E-state index is 0.0725. The van der Waals surface area contributed by atoms with Crippen LogP contribution in [0, 0.1) is 0 Å². The average molecular weight is 330 g/mol. The molecule has 0 saturated heterocycles. The summed E-state index contributed by atoms with van der Waals surface area (Å²) in [5, 5.41) is 12.9. The number of aliphatic hydroxyl groups excluding tert-OH is 1. The molecule has 23 heavy (non-hydrogen) atoms. The summed E-state index contributed by atoms with van der Waals surface area (Å²) in [6, 6.07) is 5.05. The first-order valence-corrected chi connectivity index (χ1v) is 7.56. The van der Waals surface area contributed by atoms with Gasteiger partial charge in [-0.2, -0.15) is 13.2 Å². The molecule has 0 heterocycles. The number of nitrogens with one attached hydrogen (secondary N) is 1. The number of rotatable bonds is 7. The van der Waals surface area contributed by atoms with E-state index >= 15 is 0 Å². The molecular weight excluding hydrogens is 309 g/mol. The highest BCUT2D eigenvalue weighted by Crippen LogP contribution is 2.29. The van der Waals surface area contributed by atoms with Gasteiger partial charge in [-0.3, -0.25) is 9.69 Å². The van der Waals surface area contributed by atoms with Crippen LogP contribution < -0.4 is 5.32 Å². The maximum atomic E-state index is 12.5. The summed E-state index contributed by atoms with van der Waals surface area (Å²) < 4.78 is 37.4. The van der Waals surface area contributed by atoms with Gasteiger partial charge in [0.25, 0.3) is 0 Å². The summed E-state index contributed by atoms with van der Waals surface area (Å²) in [6.07, 6.45) is -2.82. The van der Waals surface area contributed by atoms with Crippen LogP contribution in [-0.2, 0) is 17.4 Å². The van der Waals surface area contributed by atoms with Crippen LogP contribution in [0.4, 0.5) is 13.2 Å². The molecule has 0 bridgehead atoms. The van der Waals surface area contributed by atoms with Gasteiger partial charge in [0.05, 0.1) is 18.2 Å². The number of aliphatic hydroxyl groups is 1. The second kappa shape index (κ2) is 7.31. The number of amides is 1. The molecule has 1 amide bonds. The fourth-order valence-electron chi connectivity index (χ4n) is 2.34. The highest BCUT2D eigenvalue weighted by atomic mass is 19.4. The molecule has 1 aliphatic rings. The number of nitrogens with zero attached hydrogens (tertiary/aromatic N) is 1. The fraction of sp³-hybridized carbons (Fsp3) is 0.562. The van der Waals surface area contributed by atoms with E-state index < -0.39 is 17.8 Å². The molecule has 1 unspecified atom stereocenters. The first-order chi connectivity index (χ1) is 10.7. The van der Waals surface area contributed by atoms with E-state index in [9.17, 15) is 23.1 Å². The van der Waals surface area contributed by atoms with E-state index in [4.69, 9.17) is 0 Å². The second-order valence-electron chi connectivity index (χ2n) is 6.09. The van der Waals surface area contributed by atoms with Crippen molar-refractivity contribution >= 4 is 5.91 Å². The molecule has 1 fully saturated rings. The van der Waals surface area contributed by atoms with E-state index in [1.54, 1.807) is 11.9 Å². The van der Waals surface area contributed by atoms with Crippen molar-refractivity contribution in [3.8, 4) is 0 Å². The van der Waals surface area contributed by atoms with Crippen LogP contribution in [0.2, 0.25) is 0 Å². The zero-order valence-corrected chi connectivity index (χ0v) is 12.9. The van der Waals surface area contributed by atoms with Gasteiger partial charge < -0.3 is 10.4 Å².